The van der Waals surface area contributed by atoms with Crippen molar-refractivity contribution in [2.24, 2.45) is 5.92 Å². The molecule has 2 unspecified atom stereocenters. The van der Waals surface area contributed by atoms with Crippen LogP contribution >= 0.6 is 0 Å². The van der Waals surface area contributed by atoms with Crippen LogP contribution in [0, 0.1) is 5.92 Å². The summed E-state index contributed by atoms with van der Waals surface area (Å²) in [6.45, 7) is 2.94. The number of ether oxygens (including phenoxy) is 1. The molecule has 2 atom stereocenters. The Balaban J connectivity index is 1.53. The molecule has 29 heavy (non-hydrogen) atoms. The van der Waals surface area contributed by atoms with Crippen molar-refractivity contribution in [2.75, 3.05) is 31.1 Å². The van der Waals surface area contributed by atoms with Crippen LogP contribution in [0.5, 0.6) is 0 Å². The largest absolute Gasteiger partial charge is 0.450 e. The first-order chi connectivity index (χ1) is 14.1. The van der Waals surface area contributed by atoms with Gasteiger partial charge in [0.1, 0.15) is 6.04 Å². The molecule has 0 amide bonds. The number of allylic oxidation sites excluding steroid dienone is 3. The molecule has 1 fully saturated rings. The van der Waals surface area contributed by atoms with Gasteiger partial charge in [-0.1, -0.05) is 11.2 Å². The molecule has 150 valence electrons. The number of anilines is 1. The molecule has 1 aromatic heterocycles. The second kappa shape index (κ2) is 6.03. The van der Waals surface area contributed by atoms with Crippen LogP contribution in [0.15, 0.2) is 45.5 Å². The van der Waals surface area contributed by atoms with Crippen LogP contribution in [0.25, 0.3) is 0 Å². The zero-order valence-electron chi connectivity index (χ0n) is 15.6. The monoisotopic (exact) mass is 398 g/mol. The number of fused-ring (bicyclic) bond motifs is 3. The SMILES string of the molecule is O=C1CCC2=C(OC3=C(F)C(N4CCNCC4)=CC4Cc5cnoc5N2C34)C1=O. The van der Waals surface area contributed by atoms with Gasteiger partial charge in [-0.25, -0.2) is 4.39 Å². The molecule has 0 aromatic carbocycles. The fourth-order valence-corrected chi connectivity index (χ4v) is 4.98. The number of hydrogen-bond acceptors (Lipinski definition) is 8. The van der Waals surface area contributed by atoms with Crippen molar-refractivity contribution in [3.05, 3.63) is 46.6 Å². The minimum absolute atomic E-state index is 0.0527. The predicted molar refractivity (Wildman–Crippen MR) is 98.0 cm³/mol. The lowest BCUT2D eigenvalue weighted by Crippen LogP contribution is -2.53. The van der Waals surface area contributed by atoms with Crippen LogP contribution < -0.4 is 10.2 Å². The van der Waals surface area contributed by atoms with Crippen molar-refractivity contribution in [1.82, 2.24) is 15.4 Å². The molecule has 1 saturated heterocycles. The van der Waals surface area contributed by atoms with Gasteiger partial charge in [-0.05, 0) is 12.8 Å². The van der Waals surface area contributed by atoms with E-state index in [9.17, 15) is 9.59 Å². The summed E-state index contributed by atoms with van der Waals surface area (Å²) >= 11 is 0. The minimum Gasteiger partial charge on any atom is -0.450 e. The van der Waals surface area contributed by atoms with E-state index < -0.39 is 23.4 Å². The van der Waals surface area contributed by atoms with Gasteiger partial charge < -0.3 is 19.5 Å². The maximum atomic E-state index is 15.7. The predicted octanol–water partition coefficient (Wildman–Crippen LogP) is 1.18. The van der Waals surface area contributed by atoms with Gasteiger partial charge in [0.15, 0.2) is 17.3 Å². The Morgan fingerprint density at radius 2 is 2.03 bits per heavy atom. The lowest BCUT2D eigenvalue weighted by molar-refractivity contribution is -0.137. The third-order valence-corrected chi connectivity index (χ3v) is 6.33. The summed E-state index contributed by atoms with van der Waals surface area (Å²) in [5.74, 6) is -1.22. The van der Waals surface area contributed by atoms with Crippen LogP contribution in [0.2, 0.25) is 0 Å². The highest BCUT2D eigenvalue weighted by Crippen LogP contribution is 2.50. The zero-order chi connectivity index (χ0) is 19.7. The van der Waals surface area contributed by atoms with Gasteiger partial charge in [-0.2, -0.15) is 0 Å². The van der Waals surface area contributed by atoms with Crippen LogP contribution in [0.3, 0.4) is 0 Å². The molecule has 0 bridgehead atoms. The van der Waals surface area contributed by atoms with E-state index in [0.29, 0.717) is 43.2 Å². The fourth-order valence-electron chi connectivity index (χ4n) is 4.98. The summed E-state index contributed by atoms with van der Waals surface area (Å²) in [5, 5.41) is 7.20. The molecule has 1 aromatic rings. The zero-order valence-corrected chi connectivity index (χ0v) is 15.6. The Bertz CT molecular complexity index is 1030. The van der Waals surface area contributed by atoms with Gasteiger partial charge in [0.05, 0.1) is 17.6 Å². The Morgan fingerprint density at radius 3 is 2.86 bits per heavy atom. The van der Waals surface area contributed by atoms with Crippen molar-refractivity contribution in [3.8, 4) is 0 Å². The van der Waals surface area contributed by atoms with Gasteiger partial charge in [0.2, 0.25) is 11.7 Å². The first kappa shape index (κ1) is 17.0. The number of carbonyl (C=O) groups excluding carboxylic acids is 2. The number of nitrogens with one attached hydrogen (secondary N) is 1. The van der Waals surface area contributed by atoms with E-state index in [4.69, 9.17) is 9.26 Å². The van der Waals surface area contributed by atoms with Crippen LogP contribution in [-0.2, 0) is 20.7 Å². The first-order valence-corrected chi connectivity index (χ1v) is 9.92. The second-order valence-corrected chi connectivity index (χ2v) is 7.94. The molecule has 4 heterocycles. The molecule has 1 N–H and O–H groups in total. The van der Waals surface area contributed by atoms with E-state index in [0.717, 1.165) is 18.7 Å². The highest BCUT2D eigenvalue weighted by Gasteiger charge is 2.51. The highest BCUT2D eigenvalue weighted by molar-refractivity contribution is 6.44. The van der Waals surface area contributed by atoms with Gasteiger partial charge in [0.25, 0.3) is 5.78 Å². The maximum absolute atomic E-state index is 15.7. The van der Waals surface area contributed by atoms with Crippen molar-refractivity contribution in [1.29, 1.82) is 0 Å². The number of piperazine rings is 1. The average molecular weight is 398 g/mol. The summed E-state index contributed by atoms with van der Waals surface area (Å²) in [6, 6.07) is -0.443. The van der Waals surface area contributed by atoms with Crippen molar-refractivity contribution < 1.29 is 23.2 Å². The van der Waals surface area contributed by atoms with E-state index >= 15 is 4.39 Å². The highest BCUT2D eigenvalue weighted by atomic mass is 19.1. The Hall–Kier alpha value is -2.94. The molecule has 9 heteroatoms. The summed E-state index contributed by atoms with van der Waals surface area (Å²) < 4.78 is 27.0. The second-order valence-electron chi connectivity index (χ2n) is 7.94. The van der Waals surface area contributed by atoms with E-state index in [1.165, 1.54) is 0 Å². The third kappa shape index (κ3) is 2.30. The van der Waals surface area contributed by atoms with Crippen LogP contribution in [0.4, 0.5) is 10.3 Å². The number of ketones is 2. The van der Waals surface area contributed by atoms with Gasteiger partial charge >= 0.3 is 0 Å². The molecule has 5 aliphatic rings. The van der Waals surface area contributed by atoms with E-state index in [-0.39, 0.29) is 23.9 Å². The van der Waals surface area contributed by atoms with E-state index in [2.05, 4.69) is 10.5 Å². The number of Topliss-reactive ketones (excluding diaryl/α,β-unsaturated/α-hetero) is 2. The van der Waals surface area contributed by atoms with Crippen molar-refractivity contribution >= 4 is 17.5 Å². The Morgan fingerprint density at radius 1 is 1.21 bits per heavy atom. The lowest BCUT2D eigenvalue weighted by atomic mass is 9.80. The van der Waals surface area contributed by atoms with Gasteiger partial charge in [0, 0.05) is 44.1 Å². The Labute approximate surface area is 165 Å². The summed E-state index contributed by atoms with van der Waals surface area (Å²) in [4.78, 5) is 28.4. The molecule has 0 spiro atoms. The molecule has 3 aliphatic heterocycles. The van der Waals surface area contributed by atoms with E-state index in [1.807, 2.05) is 15.9 Å². The quantitative estimate of drug-likeness (QED) is 0.706. The molecule has 0 radical (unpaired) electrons. The number of halogens is 1. The number of carbonyl (C=O) groups is 2. The molecule has 8 nitrogen and oxygen atoms in total. The normalized spacial score (nSPS) is 28.7. The topological polar surface area (TPSA) is 87.9 Å². The summed E-state index contributed by atoms with van der Waals surface area (Å²) in [5.41, 5.74) is 1.99. The number of rotatable bonds is 1. The smallest absolute Gasteiger partial charge is 0.265 e. The van der Waals surface area contributed by atoms with Gasteiger partial charge in [-0.15, -0.1) is 0 Å². The first-order valence-electron chi connectivity index (χ1n) is 9.92. The minimum atomic E-state index is -0.702. The van der Waals surface area contributed by atoms with Crippen molar-refractivity contribution in [3.63, 3.8) is 0 Å². The lowest BCUT2D eigenvalue weighted by Gasteiger charge is -2.48. The molecular formula is C20H19FN4O4. The summed E-state index contributed by atoms with van der Waals surface area (Å²) in [6.07, 6.45) is 4.76. The maximum Gasteiger partial charge on any atom is 0.265 e. The molecule has 2 aliphatic carbocycles. The third-order valence-electron chi connectivity index (χ3n) is 6.33. The Kier molecular flexibility index (Phi) is 3.53. The van der Waals surface area contributed by atoms with E-state index in [1.54, 1.807) is 6.20 Å². The number of nitrogens with zero attached hydrogens (tertiary/aromatic N) is 3. The number of aromatic nitrogens is 1. The van der Waals surface area contributed by atoms with Crippen molar-refractivity contribution in [2.45, 2.75) is 25.3 Å². The summed E-state index contributed by atoms with van der Waals surface area (Å²) in [7, 11) is 0. The standard InChI is InChI=1S/C20H19FN4O4/c21-15-13(24-5-3-22-4-6-24)8-10-7-11-9-23-29-20(11)25-12-1-2-14(26)17(27)18(12)28-19(15)16(10)25/h8-10,16,22H,1-7H2. The van der Waals surface area contributed by atoms with Crippen LogP contribution in [0.1, 0.15) is 18.4 Å². The van der Waals surface area contributed by atoms with Crippen LogP contribution in [-0.4, -0.2) is 53.8 Å². The average Bonchev–Trinajstić information content (AvgIpc) is 3.22. The van der Waals surface area contributed by atoms with Gasteiger partial charge in [-0.3, -0.25) is 14.5 Å². The molecular weight excluding hydrogens is 379 g/mol. The fraction of sp³-hybridized carbons (Fsp3) is 0.450. The molecule has 0 saturated carbocycles. The molecule has 6 rings (SSSR count). The number of hydrogen-bond donors (Lipinski definition) is 1.